The fourth-order valence-corrected chi connectivity index (χ4v) is 1.30. The first-order chi connectivity index (χ1) is 7.77. The predicted molar refractivity (Wildman–Crippen MR) is 60.9 cm³/mol. The van der Waals surface area contributed by atoms with E-state index in [1.165, 1.54) is 13.2 Å². The molecular formula is C10H13ClF3NO3. The Morgan fingerprint density at radius 3 is 2.33 bits per heavy atom. The van der Waals surface area contributed by atoms with E-state index in [1.54, 1.807) is 0 Å². The molecule has 4 N–H and O–H groups in total. The monoisotopic (exact) mass is 287 g/mol. The van der Waals surface area contributed by atoms with Crippen molar-refractivity contribution in [3.63, 3.8) is 0 Å². The molecule has 0 aliphatic rings. The molecule has 0 heterocycles. The molecule has 0 fully saturated rings. The highest BCUT2D eigenvalue weighted by Gasteiger charge is 2.43. The van der Waals surface area contributed by atoms with Crippen LogP contribution in [-0.4, -0.2) is 29.6 Å². The van der Waals surface area contributed by atoms with Crippen molar-refractivity contribution in [2.45, 2.75) is 18.3 Å². The number of ether oxygens (including phenoxy) is 1. The van der Waals surface area contributed by atoms with Crippen LogP contribution in [0.25, 0.3) is 0 Å². The van der Waals surface area contributed by atoms with Crippen LogP contribution in [0.3, 0.4) is 0 Å². The predicted octanol–water partition coefficient (Wildman–Crippen LogP) is 1.75. The van der Waals surface area contributed by atoms with E-state index in [9.17, 15) is 18.3 Å². The normalized spacial score (nSPS) is 14.6. The van der Waals surface area contributed by atoms with Crippen LogP contribution in [0, 0.1) is 0 Å². The van der Waals surface area contributed by atoms with Crippen molar-refractivity contribution < 1.29 is 28.1 Å². The van der Waals surface area contributed by atoms with Crippen molar-refractivity contribution in [2.75, 3.05) is 7.11 Å². The van der Waals surface area contributed by atoms with Crippen LogP contribution in [0.1, 0.15) is 11.6 Å². The van der Waals surface area contributed by atoms with Gasteiger partial charge in [-0.25, -0.2) is 0 Å². The van der Waals surface area contributed by atoms with E-state index in [0.29, 0.717) is 0 Å². The van der Waals surface area contributed by atoms with E-state index in [0.717, 1.165) is 12.1 Å². The Balaban J connectivity index is 0.00000289. The number of rotatable bonds is 3. The van der Waals surface area contributed by atoms with E-state index >= 15 is 0 Å². The van der Waals surface area contributed by atoms with Gasteiger partial charge in [-0.1, -0.05) is 0 Å². The fourth-order valence-electron chi connectivity index (χ4n) is 1.30. The zero-order valence-electron chi connectivity index (χ0n) is 9.31. The summed E-state index contributed by atoms with van der Waals surface area (Å²) in [6.07, 6.45) is -7.60. The number of nitrogens with two attached hydrogens (primary N) is 1. The molecule has 1 aromatic rings. The summed E-state index contributed by atoms with van der Waals surface area (Å²) in [5, 5.41) is 18.4. The molecule has 0 unspecified atom stereocenters. The number of phenols is 1. The highest BCUT2D eigenvalue weighted by Crippen LogP contribution is 2.34. The summed E-state index contributed by atoms with van der Waals surface area (Å²) < 4.78 is 41.6. The van der Waals surface area contributed by atoms with Crippen molar-refractivity contribution >= 4 is 12.4 Å². The van der Waals surface area contributed by atoms with Gasteiger partial charge in [0.05, 0.1) is 13.2 Å². The molecule has 0 amide bonds. The standard InChI is InChI=1S/C10H12F3NO3.ClH/c1-17-5-2-3-7(15)6(4-5)8(14)9(16)10(11,12)13;/h2-4,8-9,15-16H,14H2,1H3;1H/t8-,9-;/m0./s1. The number of phenolic OH excluding ortho intramolecular Hbond substituents is 1. The quantitative estimate of drug-likeness (QED) is 0.791. The topological polar surface area (TPSA) is 75.7 Å². The highest BCUT2D eigenvalue weighted by molar-refractivity contribution is 5.85. The number of aliphatic hydroxyl groups excluding tert-OH is 1. The summed E-state index contributed by atoms with van der Waals surface area (Å²) in [5.41, 5.74) is 5.04. The lowest BCUT2D eigenvalue weighted by Crippen LogP contribution is -2.38. The summed E-state index contributed by atoms with van der Waals surface area (Å²) in [4.78, 5) is 0. The van der Waals surface area contributed by atoms with Gasteiger partial charge in [-0.3, -0.25) is 0 Å². The maximum absolute atomic E-state index is 12.3. The minimum atomic E-state index is -4.85. The molecule has 2 atom stereocenters. The third-order valence-electron chi connectivity index (χ3n) is 2.27. The maximum atomic E-state index is 12.3. The molecule has 0 bridgehead atoms. The molecule has 0 spiro atoms. The van der Waals surface area contributed by atoms with Crippen LogP contribution < -0.4 is 10.5 Å². The van der Waals surface area contributed by atoms with Crippen molar-refractivity contribution in [1.82, 2.24) is 0 Å². The van der Waals surface area contributed by atoms with Gasteiger partial charge in [0.1, 0.15) is 11.5 Å². The number of aliphatic hydroxyl groups is 1. The molecule has 4 nitrogen and oxygen atoms in total. The van der Waals surface area contributed by atoms with Gasteiger partial charge in [-0.2, -0.15) is 13.2 Å². The number of alkyl halides is 3. The van der Waals surface area contributed by atoms with E-state index < -0.39 is 24.1 Å². The Hall–Kier alpha value is -1.18. The van der Waals surface area contributed by atoms with Crippen molar-refractivity contribution in [1.29, 1.82) is 0 Å². The van der Waals surface area contributed by atoms with Gasteiger partial charge < -0.3 is 20.7 Å². The molecule has 0 saturated heterocycles. The number of hydrogen-bond donors (Lipinski definition) is 3. The summed E-state index contributed by atoms with van der Waals surface area (Å²) in [6.45, 7) is 0. The lowest BCUT2D eigenvalue weighted by atomic mass is 10.0. The third kappa shape index (κ3) is 3.66. The number of methoxy groups -OCH3 is 1. The molecule has 0 saturated carbocycles. The first-order valence-electron chi connectivity index (χ1n) is 4.64. The summed E-state index contributed by atoms with van der Waals surface area (Å²) >= 11 is 0. The average Bonchev–Trinajstić information content (AvgIpc) is 2.26. The smallest absolute Gasteiger partial charge is 0.416 e. The van der Waals surface area contributed by atoms with Crippen LogP contribution >= 0.6 is 12.4 Å². The SMILES string of the molecule is COc1ccc(O)c([C@H](N)[C@H](O)C(F)(F)F)c1.Cl. The fraction of sp³-hybridized carbons (Fsp3) is 0.400. The molecule has 1 rings (SSSR count). The second kappa shape index (κ2) is 6.12. The first-order valence-corrected chi connectivity index (χ1v) is 4.64. The van der Waals surface area contributed by atoms with E-state index in [1.807, 2.05) is 0 Å². The highest BCUT2D eigenvalue weighted by atomic mass is 35.5. The Bertz CT molecular complexity index is 400. The molecular weight excluding hydrogens is 275 g/mol. The van der Waals surface area contributed by atoms with Crippen molar-refractivity contribution in [2.24, 2.45) is 5.73 Å². The second-order valence-electron chi connectivity index (χ2n) is 3.44. The molecule has 18 heavy (non-hydrogen) atoms. The van der Waals surface area contributed by atoms with E-state index in [-0.39, 0.29) is 23.7 Å². The largest absolute Gasteiger partial charge is 0.508 e. The molecule has 0 aliphatic heterocycles. The van der Waals surface area contributed by atoms with Crippen LogP contribution in [0.2, 0.25) is 0 Å². The van der Waals surface area contributed by atoms with Crippen LogP contribution in [0.5, 0.6) is 11.5 Å². The maximum Gasteiger partial charge on any atom is 0.416 e. The average molecular weight is 288 g/mol. The minimum absolute atomic E-state index is 0. The van der Waals surface area contributed by atoms with Crippen molar-refractivity contribution in [3.05, 3.63) is 23.8 Å². The summed E-state index contributed by atoms with van der Waals surface area (Å²) in [5.74, 6) is -0.191. The number of hydrogen-bond acceptors (Lipinski definition) is 4. The number of aromatic hydroxyl groups is 1. The first kappa shape index (κ1) is 16.8. The lowest BCUT2D eigenvalue weighted by molar-refractivity contribution is -0.210. The molecule has 104 valence electrons. The Morgan fingerprint density at radius 1 is 1.33 bits per heavy atom. The van der Waals surface area contributed by atoms with E-state index in [2.05, 4.69) is 0 Å². The van der Waals surface area contributed by atoms with Gasteiger partial charge in [0, 0.05) is 5.56 Å². The van der Waals surface area contributed by atoms with Gasteiger partial charge >= 0.3 is 6.18 Å². The Kier molecular flexibility index (Phi) is 5.72. The molecule has 0 aromatic heterocycles. The molecule has 8 heteroatoms. The number of benzene rings is 1. The van der Waals surface area contributed by atoms with Gasteiger partial charge in [-0.05, 0) is 18.2 Å². The zero-order valence-corrected chi connectivity index (χ0v) is 10.1. The van der Waals surface area contributed by atoms with E-state index in [4.69, 9.17) is 15.6 Å². The summed E-state index contributed by atoms with van der Waals surface area (Å²) in [7, 11) is 1.32. The Morgan fingerprint density at radius 2 is 1.89 bits per heavy atom. The zero-order chi connectivity index (χ0) is 13.2. The van der Waals surface area contributed by atoms with Crippen LogP contribution in [0.15, 0.2) is 18.2 Å². The van der Waals surface area contributed by atoms with Gasteiger partial charge in [0.15, 0.2) is 6.10 Å². The van der Waals surface area contributed by atoms with Crippen LogP contribution in [0.4, 0.5) is 13.2 Å². The van der Waals surface area contributed by atoms with Gasteiger partial charge in [0.25, 0.3) is 0 Å². The molecule has 0 radical (unpaired) electrons. The summed E-state index contributed by atoms with van der Waals surface area (Å²) in [6, 6.07) is 1.89. The van der Waals surface area contributed by atoms with Gasteiger partial charge in [0.2, 0.25) is 0 Å². The van der Waals surface area contributed by atoms with Crippen LogP contribution in [-0.2, 0) is 0 Å². The van der Waals surface area contributed by atoms with Crippen molar-refractivity contribution in [3.8, 4) is 11.5 Å². The molecule has 0 aliphatic carbocycles. The number of halogens is 4. The van der Waals surface area contributed by atoms with Gasteiger partial charge in [-0.15, -0.1) is 12.4 Å². The second-order valence-corrected chi connectivity index (χ2v) is 3.44. The molecule has 1 aromatic carbocycles. The third-order valence-corrected chi connectivity index (χ3v) is 2.27. The Labute approximate surface area is 108 Å². The minimum Gasteiger partial charge on any atom is -0.508 e. The lowest BCUT2D eigenvalue weighted by Gasteiger charge is -2.22.